The lowest BCUT2D eigenvalue weighted by molar-refractivity contribution is 0.627. The number of aryl methyl sites for hydroxylation is 3. The van der Waals surface area contributed by atoms with Crippen LogP contribution < -0.4 is 10.9 Å². The molecule has 0 bridgehead atoms. The monoisotopic (exact) mass is 382 g/mol. The van der Waals surface area contributed by atoms with Crippen LogP contribution in [0.2, 0.25) is 0 Å². The third-order valence-corrected chi connectivity index (χ3v) is 5.84. The van der Waals surface area contributed by atoms with E-state index in [1.54, 1.807) is 23.5 Å². The molecule has 5 nitrogen and oxygen atoms in total. The summed E-state index contributed by atoms with van der Waals surface area (Å²) >= 11 is 1.61. The molecule has 0 radical (unpaired) electrons. The Morgan fingerprint density at radius 2 is 1.81 bits per heavy atom. The van der Waals surface area contributed by atoms with E-state index in [4.69, 9.17) is 4.98 Å². The normalized spacial score (nSPS) is 11.4. The number of benzene rings is 1. The van der Waals surface area contributed by atoms with Crippen LogP contribution in [0.25, 0.3) is 26.8 Å². The van der Waals surface area contributed by atoms with Crippen LogP contribution in [0.5, 0.6) is 0 Å². The van der Waals surface area contributed by atoms with Crippen LogP contribution >= 0.6 is 11.3 Å². The Morgan fingerprint density at radius 3 is 2.48 bits per heavy atom. The van der Waals surface area contributed by atoms with E-state index < -0.39 is 0 Å². The highest BCUT2D eigenvalue weighted by molar-refractivity contribution is 7.18. The van der Waals surface area contributed by atoms with E-state index in [9.17, 15) is 9.18 Å². The molecule has 1 N–H and O–H groups in total. The third-order valence-electron chi connectivity index (χ3n) is 4.74. The summed E-state index contributed by atoms with van der Waals surface area (Å²) in [6.45, 7) is 8.46. The van der Waals surface area contributed by atoms with Crippen molar-refractivity contribution < 1.29 is 4.39 Å². The molecular formula is C20H19FN4OS. The van der Waals surface area contributed by atoms with E-state index >= 15 is 0 Å². The minimum Gasteiger partial charge on any atom is -0.356 e. The van der Waals surface area contributed by atoms with Gasteiger partial charge < -0.3 is 5.32 Å². The van der Waals surface area contributed by atoms with Crippen LogP contribution in [0.1, 0.15) is 23.1 Å². The first kappa shape index (κ1) is 17.6. The van der Waals surface area contributed by atoms with Gasteiger partial charge in [-0.25, -0.2) is 18.9 Å². The first-order chi connectivity index (χ1) is 12.9. The van der Waals surface area contributed by atoms with Crippen molar-refractivity contribution in [3.05, 3.63) is 56.6 Å². The number of hydrogen-bond acceptors (Lipinski definition) is 5. The fraction of sp³-hybridized carbons (Fsp3) is 0.250. The lowest BCUT2D eigenvalue weighted by Gasteiger charge is -2.15. The molecule has 0 spiro atoms. The quantitative estimate of drug-likeness (QED) is 0.567. The van der Waals surface area contributed by atoms with Crippen LogP contribution in [0.4, 0.5) is 10.3 Å². The number of anilines is 1. The maximum absolute atomic E-state index is 13.4. The predicted molar refractivity (Wildman–Crippen MR) is 109 cm³/mol. The molecule has 0 saturated heterocycles. The molecule has 0 fully saturated rings. The second-order valence-corrected chi connectivity index (χ2v) is 7.67. The van der Waals surface area contributed by atoms with Gasteiger partial charge >= 0.3 is 0 Å². The summed E-state index contributed by atoms with van der Waals surface area (Å²) in [4.78, 5) is 25.0. The first-order valence-electron chi connectivity index (χ1n) is 8.75. The van der Waals surface area contributed by atoms with E-state index in [1.165, 1.54) is 21.6 Å². The molecule has 1 aromatic carbocycles. The second-order valence-electron chi connectivity index (χ2n) is 6.47. The van der Waals surface area contributed by atoms with Gasteiger partial charge in [0, 0.05) is 16.8 Å². The standard InChI is InChI=1S/C20H19FN4OS/c1-5-22-20-24-17-15-10(2)12(4)27-18(15)23-11(3)16(17)19(26)25(20)14-8-6-13(21)7-9-14/h6-9H,5H2,1-4H3,(H,22,24). The number of aromatic nitrogens is 3. The highest BCUT2D eigenvalue weighted by Gasteiger charge is 2.20. The molecule has 3 aromatic heterocycles. The van der Waals surface area contributed by atoms with E-state index in [0.29, 0.717) is 34.8 Å². The number of hydrogen-bond donors (Lipinski definition) is 1. The van der Waals surface area contributed by atoms with Crippen molar-refractivity contribution in [1.82, 2.24) is 14.5 Å². The van der Waals surface area contributed by atoms with Crippen LogP contribution in [0, 0.1) is 26.6 Å². The van der Waals surface area contributed by atoms with Crippen molar-refractivity contribution in [2.24, 2.45) is 0 Å². The van der Waals surface area contributed by atoms with Gasteiger partial charge in [0.25, 0.3) is 5.56 Å². The number of halogens is 1. The fourth-order valence-electron chi connectivity index (χ4n) is 3.31. The van der Waals surface area contributed by atoms with Crippen LogP contribution in [0.3, 0.4) is 0 Å². The Bertz CT molecular complexity index is 1240. The number of pyridine rings is 1. The van der Waals surface area contributed by atoms with E-state index in [0.717, 1.165) is 15.8 Å². The zero-order valence-electron chi connectivity index (χ0n) is 15.6. The molecule has 0 aliphatic carbocycles. The molecular weight excluding hydrogens is 363 g/mol. The minimum absolute atomic E-state index is 0.210. The summed E-state index contributed by atoms with van der Waals surface area (Å²) in [5.41, 5.74) is 2.76. The number of thiophene rings is 1. The van der Waals surface area contributed by atoms with E-state index in [2.05, 4.69) is 10.3 Å². The zero-order chi connectivity index (χ0) is 19.3. The maximum atomic E-state index is 13.4. The predicted octanol–water partition coefficient (Wildman–Crippen LogP) is 4.49. The van der Waals surface area contributed by atoms with Crippen molar-refractivity contribution in [3.8, 4) is 5.69 Å². The average Bonchev–Trinajstić information content (AvgIpc) is 2.90. The van der Waals surface area contributed by atoms with Gasteiger partial charge in [0.05, 0.1) is 22.3 Å². The molecule has 4 aromatic rings. The first-order valence-corrected chi connectivity index (χ1v) is 9.57. The molecule has 138 valence electrons. The Kier molecular flexibility index (Phi) is 4.19. The van der Waals surface area contributed by atoms with Crippen LogP contribution in [-0.2, 0) is 0 Å². The summed E-state index contributed by atoms with van der Waals surface area (Å²) in [7, 11) is 0. The van der Waals surface area contributed by atoms with Gasteiger partial charge in [-0.1, -0.05) is 0 Å². The third kappa shape index (κ3) is 2.70. The molecule has 7 heteroatoms. The second kappa shape index (κ2) is 6.42. The van der Waals surface area contributed by atoms with E-state index in [1.807, 2.05) is 27.7 Å². The van der Waals surface area contributed by atoms with Crippen molar-refractivity contribution in [3.63, 3.8) is 0 Å². The Morgan fingerprint density at radius 1 is 1.11 bits per heavy atom. The smallest absolute Gasteiger partial charge is 0.269 e. The summed E-state index contributed by atoms with van der Waals surface area (Å²) in [5.74, 6) is 0.0891. The van der Waals surface area contributed by atoms with Gasteiger partial charge in [-0.05, 0) is 57.5 Å². The fourth-order valence-corrected chi connectivity index (χ4v) is 4.39. The van der Waals surface area contributed by atoms with Gasteiger partial charge in [-0.15, -0.1) is 11.3 Å². The molecule has 27 heavy (non-hydrogen) atoms. The molecule has 0 aliphatic rings. The van der Waals surface area contributed by atoms with Crippen molar-refractivity contribution in [1.29, 1.82) is 0 Å². The lowest BCUT2D eigenvalue weighted by atomic mass is 10.1. The molecule has 0 saturated carbocycles. The minimum atomic E-state index is -0.352. The number of fused-ring (bicyclic) bond motifs is 3. The summed E-state index contributed by atoms with van der Waals surface area (Å²) < 4.78 is 14.8. The van der Waals surface area contributed by atoms with Crippen molar-refractivity contribution >= 4 is 38.4 Å². The van der Waals surface area contributed by atoms with Gasteiger partial charge in [0.1, 0.15) is 10.6 Å². The Hall–Kier alpha value is -2.80. The number of nitrogens with zero attached hydrogens (tertiary/aromatic N) is 3. The summed E-state index contributed by atoms with van der Waals surface area (Å²) in [6.07, 6.45) is 0. The van der Waals surface area contributed by atoms with Crippen molar-refractivity contribution in [2.75, 3.05) is 11.9 Å². The highest BCUT2D eigenvalue weighted by atomic mass is 32.1. The molecule has 3 heterocycles. The van der Waals surface area contributed by atoms with Crippen LogP contribution in [-0.4, -0.2) is 21.1 Å². The molecule has 4 rings (SSSR count). The summed E-state index contributed by atoms with van der Waals surface area (Å²) in [6, 6.07) is 5.82. The topological polar surface area (TPSA) is 59.8 Å². The molecule has 0 atom stereocenters. The van der Waals surface area contributed by atoms with Gasteiger partial charge in [-0.3, -0.25) is 4.79 Å². The summed E-state index contributed by atoms with van der Waals surface area (Å²) in [5, 5.41) is 4.60. The van der Waals surface area contributed by atoms with Crippen molar-refractivity contribution in [2.45, 2.75) is 27.7 Å². The zero-order valence-corrected chi connectivity index (χ0v) is 16.4. The Labute approximate surface area is 159 Å². The molecule has 0 amide bonds. The number of nitrogens with one attached hydrogen (secondary N) is 1. The maximum Gasteiger partial charge on any atom is 0.269 e. The Balaban J connectivity index is 2.18. The largest absolute Gasteiger partial charge is 0.356 e. The average molecular weight is 382 g/mol. The van der Waals surface area contributed by atoms with E-state index in [-0.39, 0.29) is 11.4 Å². The number of rotatable bonds is 3. The van der Waals surface area contributed by atoms with Gasteiger partial charge in [0.15, 0.2) is 0 Å². The van der Waals surface area contributed by atoms with Gasteiger partial charge in [-0.2, -0.15) is 0 Å². The van der Waals surface area contributed by atoms with Crippen LogP contribution in [0.15, 0.2) is 29.1 Å². The highest BCUT2D eigenvalue weighted by Crippen LogP contribution is 2.34. The van der Waals surface area contributed by atoms with Gasteiger partial charge in [0.2, 0.25) is 5.95 Å². The molecule has 0 unspecified atom stereocenters. The molecule has 0 aliphatic heterocycles. The SMILES string of the molecule is CCNc1nc2c(c(C)nc3sc(C)c(C)c32)c(=O)n1-c1ccc(F)cc1. The lowest BCUT2D eigenvalue weighted by Crippen LogP contribution is -2.24.